The number of carboxylic acids is 1. The van der Waals surface area contributed by atoms with Gasteiger partial charge < -0.3 is 9.67 Å². The first-order valence-electron chi connectivity index (χ1n) is 9.73. The summed E-state index contributed by atoms with van der Waals surface area (Å²) in [5, 5.41) is 10.4. The number of fused-ring (bicyclic) bond motifs is 2. The zero-order valence-electron chi connectivity index (χ0n) is 16.0. The van der Waals surface area contributed by atoms with Crippen LogP contribution in [0.25, 0.3) is 33.5 Å². The minimum atomic E-state index is -0.934. The smallest absolute Gasteiger partial charge is 0.335 e. The summed E-state index contributed by atoms with van der Waals surface area (Å²) in [6.07, 6.45) is 5.91. The average Bonchev–Trinajstić information content (AvgIpc) is 3.12. The van der Waals surface area contributed by atoms with Crippen LogP contribution in [0.15, 0.2) is 48.5 Å². The molecule has 1 aliphatic carbocycles. The van der Waals surface area contributed by atoms with E-state index in [1.165, 1.54) is 19.3 Å². The number of rotatable bonds is 3. The molecule has 0 bridgehead atoms. The van der Waals surface area contributed by atoms with Gasteiger partial charge >= 0.3 is 5.97 Å². The number of imidazole rings is 1. The molecule has 1 N–H and O–H groups in total. The van der Waals surface area contributed by atoms with Crippen molar-refractivity contribution in [2.24, 2.45) is 0 Å². The number of carbonyl (C=O) groups is 1. The maximum Gasteiger partial charge on any atom is 0.335 e. The van der Waals surface area contributed by atoms with E-state index in [1.54, 1.807) is 12.1 Å². The molecule has 2 heterocycles. The van der Waals surface area contributed by atoms with Crippen LogP contribution in [0.4, 0.5) is 0 Å². The van der Waals surface area contributed by atoms with Gasteiger partial charge in [0.2, 0.25) is 0 Å². The Bertz CT molecular complexity index is 1200. The fraction of sp³-hybridized carbons (Fsp3) is 0.261. The molecule has 0 unspecified atom stereocenters. The Morgan fingerprint density at radius 1 is 1.03 bits per heavy atom. The van der Waals surface area contributed by atoms with Crippen LogP contribution in [0.5, 0.6) is 0 Å². The van der Waals surface area contributed by atoms with Crippen LogP contribution < -0.4 is 0 Å². The first-order valence-corrected chi connectivity index (χ1v) is 9.73. The summed E-state index contributed by atoms with van der Waals surface area (Å²) in [4.78, 5) is 21.1. The average molecular weight is 459 g/mol. The minimum absolute atomic E-state index is 0. The molecular formula is C23H20N3O2Y-. The van der Waals surface area contributed by atoms with Crippen LogP contribution in [-0.4, -0.2) is 25.6 Å². The number of hydrogen-bond donors (Lipinski definition) is 1. The molecule has 5 nitrogen and oxygen atoms in total. The van der Waals surface area contributed by atoms with E-state index in [1.807, 2.05) is 36.4 Å². The van der Waals surface area contributed by atoms with Crippen LogP contribution in [0.1, 0.15) is 48.5 Å². The second-order valence-electron chi connectivity index (χ2n) is 7.42. The van der Waals surface area contributed by atoms with Crippen molar-refractivity contribution in [3.63, 3.8) is 0 Å². The Kier molecular flexibility index (Phi) is 5.80. The predicted octanol–water partition coefficient (Wildman–Crippen LogP) is 5.25. The first kappa shape index (κ1) is 20.2. The molecule has 0 spiro atoms. The van der Waals surface area contributed by atoms with Gasteiger partial charge in [0.05, 0.1) is 16.6 Å². The van der Waals surface area contributed by atoms with Crippen molar-refractivity contribution in [3.05, 3.63) is 60.2 Å². The number of nitrogens with zero attached hydrogens (tertiary/aromatic N) is 3. The standard InChI is InChI=1S/C23H20N3O2.Y/c27-23(28)16-11-13-21-20(14-16)25-22(26(21)17-7-2-1-3-8-17)19-12-10-15-6-4-5-9-18(15)24-19;/h5-6,9-14,17H,1-3,7-8H2,(H,27,28);/q-1;. The third-order valence-corrected chi connectivity index (χ3v) is 5.64. The van der Waals surface area contributed by atoms with E-state index in [9.17, 15) is 9.90 Å². The van der Waals surface area contributed by atoms with Gasteiger partial charge in [0.25, 0.3) is 0 Å². The molecule has 2 aromatic carbocycles. The van der Waals surface area contributed by atoms with E-state index < -0.39 is 5.97 Å². The molecule has 1 fully saturated rings. The summed E-state index contributed by atoms with van der Waals surface area (Å²) in [5.41, 5.74) is 3.68. The fourth-order valence-corrected chi connectivity index (χ4v) is 4.25. The van der Waals surface area contributed by atoms with Crippen LogP contribution in [-0.2, 0) is 32.7 Å². The first-order chi connectivity index (χ1) is 13.7. The summed E-state index contributed by atoms with van der Waals surface area (Å²) in [7, 11) is 0. The van der Waals surface area contributed by atoms with Gasteiger partial charge in [-0.05, 0) is 42.6 Å². The van der Waals surface area contributed by atoms with Crippen LogP contribution in [0.2, 0.25) is 0 Å². The molecule has 5 rings (SSSR count). The van der Waals surface area contributed by atoms with Gasteiger partial charge in [0, 0.05) is 38.8 Å². The van der Waals surface area contributed by atoms with Gasteiger partial charge in [0.1, 0.15) is 5.69 Å². The quantitative estimate of drug-likeness (QED) is 0.425. The summed E-state index contributed by atoms with van der Waals surface area (Å²) >= 11 is 0. The Morgan fingerprint density at radius 3 is 2.66 bits per heavy atom. The van der Waals surface area contributed by atoms with Crippen LogP contribution in [0, 0.1) is 6.07 Å². The largest absolute Gasteiger partial charge is 0.478 e. The van der Waals surface area contributed by atoms with Crippen molar-refractivity contribution >= 4 is 27.9 Å². The summed E-state index contributed by atoms with van der Waals surface area (Å²) in [5.74, 6) is -0.116. The summed E-state index contributed by atoms with van der Waals surface area (Å²) in [6, 6.07) is 18.4. The van der Waals surface area contributed by atoms with Gasteiger partial charge in [-0.15, -0.1) is 17.5 Å². The van der Waals surface area contributed by atoms with Crippen molar-refractivity contribution in [1.29, 1.82) is 0 Å². The topological polar surface area (TPSA) is 68.0 Å². The Labute approximate surface area is 194 Å². The number of aromatic nitrogens is 3. The molecule has 4 aromatic rings. The van der Waals surface area contributed by atoms with E-state index in [0.29, 0.717) is 11.6 Å². The van der Waals surface area contributed by atoms with E-state index in [-0.39, 0.29) is 38.3 Å². The van der Waals surface area contributed by atoms with Crippen molar-refractivity contribution in [3.8, 4) is 11.5 Å². The molecule has 2 aromatic heterocycles. The van der Waals surface area contributed by atoms with E-state index in [4.69, 9.17) is 9.97 Å². The van der Waals surface area contributed by atoms with Crippen LogP contribution >= 0.6 is 0 Å². The number of carboxylic acid groups (broad SMARTS) is 1. The Hall–Kier alpha value is -2.11. The van der Waals surface area contributed by atoms with Crippen molar-refractivity contribution in [1.82, 2.24) is 14.5 Å². The van der Waals surface area contributed by atoms with Crippen LogP contribution in [0.3, 0.4) is 0 Å². The van der Waals surface area contributed by atoms with Gasteiger partial charge in [-0.2, -0.15) is 18.2 Å². The molecule has 0 saturated heterocycles. The molecule has 0 atom stereocenters. The third kappa shape index (κ3) is 3.74. The van der Waals surface area contributed by atoms with Crippen molar-refractivity contribution in [2.75, 3.05) is 0 Å². The molecule has 0 aliphatic heterocycles. The summed E-state index contributed by atoms with van der Waals surface area (Å²) in [6.45, 7) is 0. The fourth-order valence-electron chi connectivity index (χ4n) is 4.25. The van der Waals surface area contributed by atoms with Gasteiger partial charge in [-0.1, -0.05) is 19.3 Å². The maximum atomic E-state index is 11.4. The monoisotopic (exact) mass is 459 g/mol. The summed E-state index contributed by atoms with van der Waals surface area (Å²) < 4.78 is 2.28. The number of aromatic carboxylic acids is 1. The molecule has 29 heavy (non-hydrogen) atoms. The van der Waals surface area contributed by atoms with Crippen molar-refractivity contribution < 1.29 is 42.6 Å². The molecular weight excluding hydrogens is 439 g/mol. The van der Waals surface area contributed by atoms with Gasteiger partial charge in [0.15, 0.2) is 5.82 Å². The second kappa shape index (κ2) is 8.33. The maximum absolute atomic E-state index is 11.4. The number of pyridine rings is 1. The Morgan fingerprint density at radius 2 is 1.86 bits per heavy atom. The third-order valence-electron chi connectivity index (χ3n) is 5.64. The molecule has 1 aliphatic rings. The predicted molar refractivity (Wildman–Crippen MR) is 108 cm³/mol. The molecule has 1 saturated carbocycles. The second-order valence-corrected chi connectivity index (χ2v) is 7.42. The SMILES string of the molecule is O=C(O)c1ccc2c(c1)nc(-c1ccc3c[c-]ccc3n1)n2C1CCCCC1.[Y]. The number of hydrogen-bond acceptors (Lipinski definition) is 3. The van der Waals surface area contributed by atoms with Gasteiger partial charge in [-0.25, -0.2) is 9.78 Å². The zero-order valence-corrected chi connectivity index (χ0v) is 18.8. The molecule has 6 heteroatoms. The van der Waals surface area contributed by atoms with E-state index >= 15 is 0 Å². The zero-order chi connectivity index (χ0) is 19.1. The Balaban J connectivity index is 0.00000205. The molecule has 143 valence electrons. The normalized spacial score (nSPS) is 14.8. The minimum Gasteiger partial charge on any atom is -0.478 e. The van der Waals surface area contributed by atoms with E-state index in [2.05, 4.69) is 10.6 Å². The molecule has 1 radical (unpaired) electrons. The number of benzene rings is 2. The van der Waals surface area contributed by atoms with E-state index in [0.717, 1.165) is 40.8 Å². The van der Waals surface area contributed by atoms with Crippen molar-refractivity contribution in [2.45, 2.75) is 38.1 Å². The molecule has 0 amide bonds. The van der Waals surface area contributed by atoms with Gasteiger partial charge in [-0.3, -0.25) is 4.98 Å².